The van der Waals surface area contributed by atoms with Crippen LogP contribution in [0.2, 0.25) is 5.02 Å². The largest absolute Gasteiger partial charge is 0.313 e. The van der Waals surface area contributed by atoms with Crippen molar-refractivity contribution >= 4 is 11.6 Å². The summed E-state index contributed by atoms with van der Waals surface area (Å²) in [6.07, 6.45) is 1.18. The van der Waals surface area contributed by atoms with E-state index >= 15 is 0 Å². The predicted octanol–water partition coefficient (Wildman–Crippen LogP) is 4.17. The summed E-state index contributed by atoms with van der Waals surface area (Å²) in [5.74, 6) is 0. The van der Waals surface area contributed by atoms with Gasteiger partial charge in [0.15, 0.2) is 0 Å². The van der Waals surface area contributed by atoms with Crippen molar-refractivity contribution in [2.75, 3.05) is 6.54 Å². The van der Waals surface area contributed by atoms with E-state index in [-0.39, 0.29) is 0 Å². The van der Waals surface area contributed by atoms with Gasteiger partial charge < -0.3 is 5.32 Å². The van der Waals surface area contributed by atoms with E-state index in [1.54, 1.807) is 0 Å². The average molecular weight is 240 g/mol. The van der Waals surface area contributed by atoms with Gasteiger partial charge in [0.05, 0.1) is 0 Å². The summed E-state index contributed by atoms with van der Waals surface area (Å²) >= 11 is 6.16. The first kappa shape index (κ1) is 13.5. The van der Waals surface area contributed by atoms with Crippen molar-refractivity contribution in [1.29, 1.82) is 0 Å². The van der Waals surface area contributed by atoms with Crippen LogP contribution in [0.4, 0.5) is 0 Å². The van der Waals surface area contributed by atoms with Crippen LogP contribution < -0.4 is 5.32 Å². The molecule has 0 bridgehead atoms. The molecule has 1 N–H and O–H groups in total. The third-order valence-electron chi connectivity index (χ3n) is 2.58. The molecule has 0 heterocycles. The summed E-state index contributed by atoms with van der Waals surface area (Å²) < 4.78 is 0. The van der Waals surface area contributed by atoms with Crippen LogP contribution in [0.25, 0.3) is 0 Å². The third-order valence-corrected chi connectivity index (χ3v) is 2.93. The topological polar surface area (TPSA) is 12.0 Å². The summed E-state index contributed by atoms with van der Waals surface area (Å²) in [6.45, 7) is 10.7. The van der Waals surface area contributed by atoms with E-state index in [1.165, 1.54) is 17.5 Å². The minimum atomic E-state index is 0.393. The molecule has 16 heavy (non-hydrogen) atoms. The first-order valence-electron chi connectivity index (χ1n) is 5.84. The molecule has 0 spiro atoms. The van der Waals surface area contributed by atoms with Gasteiger partial charge in [0.25, 0.3) is 0 Å². The minimum Gasteiger partial charge on any atom is -0.313 e. The fourth-order valence-electron chi connectivity index (χ4n) is 1.48. The second kappa shape index (κ2) is 5.70. The van der Waals surface area contributed by atoms with Crippen molar-refractivity contribution in [3.63, 3.8) is 0 Å². The van der Waals surface area contributed by atoms with Crippen molar-refractivity contribution in [3.8, 4) is 0 Å². The highest BCUT2D eigenvalue weighted by molar-refractivity contribution is 6.31. The lowest BCUT2D eigenvalue weighted by Gasteiger charge is -2.18. The van der Waals surface area contributed by atoms with Gasteiger partial charge in [-0.3, -0.25) is 0 Å². The summed E-state index contributed by atoms with van der Waals surface area (Å²) in [5.41, 5.74) is 2.79. The van der Waals surface area contributed by atoms with Crippen molar-refractivity contribution < 1.29 is 0 Å². The van der Waals surface area contributed by atoms with Gasteiger partial charge in [0, 0.05) is 11.6 Å². The zero-order chi connectivity index (χ0) is 12.2. The quantitative estimate of drug-likeness (QED) is 0.778. The lowest BCUT2D eigenvalue weighted by atomic mass is 9.92. The number of hydrogen-bond donors (Lipinski definition) is 1. The Hall–Kier alpha value is -0.530. The highest BCUT2D eigenvalue weighted by Crippen LogP contribution is 2.19. The highest BCUT2D eigenvalue weighted by Gasteiger charge is 2.09. The molecule has 0 aromatic heterocycles. The van der Waals surface area contributed by atoms with Crippen molar-refractivity contribution in [1.82, 2.24) is 5.32 Å². The Morgan fingerprint density at radius 1 is 1.25 bits per heavy atom. The maximum absolute atomic E-state index is 6.16. The van der Waals surface area contributed by atoms with Crippen LogP contribution in [0, 0.1) is 12.3 Å². The number of hydrogen-bond acceptors (Lipinski definition) is 1. The summed E-state index contributed by atoms with van der Waals surface area (Å²) in [7, 11) is 0. The molecule has 1 nitrogen and oxygen atoms in total. The number of rotatable bonds is 4. The van der Waals surface area contributed by atoms with Gasteiger partial charge in [-0.25, -0.2) is 0 Å². The first-order chi connectivity index (χ1) is 7.38. The Kier molecular flexibility index (Phi) is 4.82. The number of benzene rings is 1. The molecule has 1 rings (SSSR count). The van der Waals surface area contributed by atoms with E-state index in [4.69, 9.17) is 11.6 Å². The smallest absolute Gasteiger partial charge is 0.0453 e. The fraction of sp³-hybridized carbons (Fsp3) is 0.571. The Morgan fingerprint density at radius 2 is 1.94 bits per heavy atom. The van der Waals surface area contributed by atoms with Crippen LogP contribution in [-0.4, -0.2) is 6.54 Å². The van der Waals surface area contributed by atoms with Crippen LogP contribution in [0.1, 0.15) is 38.3 Å². The molecule has 0 saturated carbocycles. The van der Waals surface area contributed by atoms with Gasteiger partial charge in [-0.2, -0.15) is 0 Å². The van der Waals surface area contributed by atoms with Gasteiger partial charge in [-0.1, -0.05) is 44.5 Å². The predicted molar refractivity (Wildman–Crippen MR) is 72.0 cm³/mol. The van der Waals surface area contributed by atoms with E-state index in [2.05, 4.69) is 45.1 Å². The lowest BCUT2D eigenvalue weighted by Crippen LogP contribution is -2.20. The van der Waals surface area contributed by atoms with E-state index in [1.807, 2.05) is 6.07 Å². The van der Waals surface area contributed by atoms with Gasteiger partial charge in [-0.05, 0) is 42.5 Å². The van der Waals surface area contributed by atoms with Gasteiger partial charge in [0.2, 0.25) is 0 Å². The molecule has 0 fully saturated rings. The molecule has 0 aliphatic carbocycles. The second-order valence-corrected chi connectivity index (χ2v) is 5.99. The Morgan fingerprint density at radius 3 is 2.50 bits per heavy atom. The van der Waals surface area contributed by atoms with Crippen LogP contribution >= 0.6 is 11.6 Å². The normalized spacial score (nSPS) is 11.8. The van der Waals surface area contributed by atoms with Crippen molar-refractivity contribution in [2.45, 2.75) is 40.7 Å². The van der Waals surface area contributed by atoms with Gasteiger partial charge in [-0.15, -0.1) is 0 Å². The maximum atomic E-state index is 6.16. The number of aryl methyl sites for hydroxylation is 1. The standard InChI is InChI=1S/C14H22ClN/c1-11-5-6-12(13(15)9-11)10-16-8-7-14(2,3)4/h5-6,9,16H,7-8,10H2,1-4H3. The van der Waals surface area contributed by atoms with Crippen LogP contribution in [0.5, 0.6) is 0 Å². The van der Waals surface area contributed by atoms with Gasteiger partial charge >= 0.3 is 0 Å². The molecular formula is C14H22ClN. The molecule has 0 aliphatic rings. The SMILES string of the molecule is Cc1ccc(CNCCC(C)(C)C)c(Cl)c1. The fourth-order valence-corrected chi connectivity index (χ4v) is 1.78. The zero-order valence-corrected chi connectivity index (χ0v) is 11.5. The van der Waals surface area contributed by atoms with E-state index in [0.717, 1.165) is 18.1 Å². The van der Waals surface area contributed by atoms with Gasteiger partial charge in [0.1, 0.15) is 0 Å². The Bertz CT molecular complexity index is 339. The van der Waals surface area contributed by atoms with Crippen LogP contribution in [0.3, 0.4) is 0 Å². The number of halogens is 1. The molecule has 1 aromatic carbocycles. The molecule has 0 saturated heterocycles. The molecule has 1 aromatic rings. The highest BCUT2D eigenvalue weighted by atomic mass is 35.5. The van der Waals surface area contributed by atoms with E-state index < -0.39 is 0 Å². The molecular weight excluding hydrogens is 218 g/mol. The molecule has 0 atom stereocenters. The average Bonchev–Trinajstić information content (AvgIpc) is 2.13. The monoisotopic (exact) mass is 239 g/mol. The molecule has 2 heteroatoms. The lowest BCUT2D eigenvalue weighted by molar-refractivity contribution is 0.366. The minimum absolute atomic E-state index is 0.393. The molecule has 0 amide bonds. The van der Waals surface area contributed by atoms with Crippen LogP contribution in [-0.2, 0) is 6.54 Å². The van der Waals surface area contributed by atoms with Crippen LogP contribution in [0.15, 0.2) is 18.2 Å². The number of nitrogens with one attached hydrogen (secondary N) is 1. The summed E-state index contributed by atoms with van der Waals surface area (Å²) in [4.78, 5) is 0. The van der Waals surface area contributed by atoms with Crippen molar-refractivity contribution in [2.24, 2.45) is 5.41 Å². The Balaban J connectivity index is 2.38. The first-order valence-corrected chi connectivity index (χ1v) is 6.22. The zero-order valence-electron chi connectivity index (χ0n) is 10.7. The molecule has 90 valence electrons. The molecule has 0 unspecified atom stereocenters. The Labute approximate surface area is 104 Å². The van der Waals surface area contributed by atoms with Crippen molar-refractivity contribution in [3.05, 3.63) is 34.3 Å². The molecule has 0 aliphatic heterocycles. The summed E-state index contributed by atoms with van der Waals surface area (Å²) in [6, 6.07) is 6.22. The molecule has 0 radical (unpaired) electrons. The maximum Gasteiger partial charge on any atom is 0.0453 e. The second-order valence-electron chi connectivity index (χ2n) is 5.58. The third kappa shape index (κ3) is 5.00. The van der Waals surface area contributed by atoms with E-state index in [9.17, 15) is 0 Å². The summed E-state index contributed by atoms with van der Waals surface area (Å²) in [5, 5.41) is 4.30. The van der Waals surface area contributed by atoms with E-state index in [0.29, 0.717) is 5.41 Å².